The van der Waals surface area contributed by atoms with Crippen LogP contribution in [0.2, 0.25) is 0 Å². The fraction of sp³-hybridized carbons (Fsp3) is 0.895. The highest BCUT2D eigenvalue weighted by Gasteiger charge is 2.58. The van der Waals surface area contributed by atoms with Crippen molar-refractivity contribution in [2.75, 3.05) is 0 Å². The van der Waals surface area contributed by atoms with E-state index in [9.17, 15) is 5.11 Å². The predicted octanol–water partition coefficient (Wildman–Crippen LogP) is 3.64. The summed E-state index contributed by atoms with van der Waals surface area (Å²) in [6.45, 7) is 4.98. The van der Waals surface area contributed by atoms with E-state index in [1.165, 1.54) is 44.9 Å². The van der Waals surface area contributed by atoms with Crippen molar-refractivity contribution in [2.24, 2.45) is 34.3 Å². The van der Waals surface area contributed by atoms with Crippen LogP contribution in [0.3, 0.4) is 0 Å². The summed E-state index contributed by atoms with van der Waals surface area (Å²) in [6, 6.07) is 0.432. The highest BCUT2D eigenvalue weighted by molar-refractivity contribution is 5.25. The first-order valence-electron chi connectivity index (χ1n) is 9.10. The zero-order valence-electron chi connectivity index (χ0n) is 13.6. The van der Waals surface area contributed by atoms with Gasteiger partial charge in [-0.25, -0.2) is 0 Å². The zero-order chi connectivity index (χ0) is 14.8. The van der Waals surface area contributed by atoms with E-state index in [0.29, 0.717) is 16.9 Å². The average molecular weight is 289 g/mol. The van der Waals surface area contributed by atoms with Gasteiger partial charge in [0.15, 0.2) is 0 Å². The van der Waals surface area contributed by atoms with Gasteiger partial charge in [-0.1, -0.05) is 25.5 Å². The molecular weight excluding hydrogens is 258 g/mol. The Hall–Kier alpha value is -0.340. The molecule has 7 atom stereocenters. The topological polar surface area (TPSA) is 46.2 Å². The maximum absolute atomic E-state index is 9.99. The molecule has 0 unspecified atom stereocenters. The van der Waals surface area contributed by atoms with E-state index < -0.39 is 0 Å². The first-order valence-corrected chi connectivity index (χ1v) is 9.10. The largest absolute Gasteiger partial charge is 0.389 e. The predicted molar refractivity (Wildman–Crippen MR) is 85.7 cm³/mol. The maximum atomic E-state index is 9.99. The molecule has 0 saturated heterocycles. The molecule has 0 aromatic rings. The number of aliphatic hydroxyl groups excluding tert-OH is 1. The number of fused-ring (bicyclic) bond motifs is 5. The van der Waals surface area contributed by atoms with Gasteiger partial charge in [0.05, 0.1) is 6.10 Å². The molecule has 4 aliphatic rings. The molecule has 0 spiro atoms. The van der Waals surface area contributed by atoms with Crippen molar-refractivity contribution in [1.82, 2.24) is 0 Å². The number of rotatable bonds is 0. The van der Waals surface area contributed by atoms with Crippen LogP contribution in [-0.2, 0) is 0 Å². The van der Waals surface area contributed by atoms with E-state index in [-0.39, 0.29) is 6.10 Å². The van der Waals surface area contributed by atoms with Gasteiger partial charge in [0.1, 0.15) is 0 Å². The molecule has 3 saturated carbocycles. The molecule has 0 aromatic heterocycles. The van der Waals surface area contributed by atoms with Crippen LogP contribution in [0.4, 0.5) is 0 Å². The lowest BCUT2D eigenvalue weighted by atomic mass is 9.47. The molecule has 0 radical (unpaired) electrons. The highest BCUT2D eigenvalue weighted by atomic mass is 16.3. The standard InChI is InChI=1S/C19H31NO/c1-18-9-7-13(21)11-12(18)3-4-14-15-5-6-17(20)19(15,2)10-8-16(14)18/h11,13-17,21H,3-10,20H2,1-2H3/t13-,14-,15-,16-,17-,18-,19-/m0/s1. The molecule has 0 aromatic carbocycles. The van der Waals surface area contributed by atoms with Crippen molar-refractivity contribution in [1.29, 1.82) is 0 Å². The molecule has 2 heteroatoms. The summed E-state index contributed by atoms with van der Waals surface area (Å²) >= 11 is 0. The molecule has 4 aliphatic carbocycles. The van der Waals surface area contributed by atoms with Crippen LogP contribution in [0.1, 0.15) is 65.2 Å². The molecule has 0 aliphatic heterocycles. The van der Waals surface area contributed by atoms with E-state index in [1.54, 1.807) is 5.57 Å². The van der Waals surface area contributed by atoms with Gasteiger partial charge in [-0.15, -0.1) is 0 Å². The molecular formula is C19H31NO. The Kier molecular flexibility index (Phi) is 3.11. The molecule has 3 N–H and O–H groups in total. The van der Waals surface area contributed by atoms with Crippen molar-refractivity contribution in [3.8, 4) is 0 Å². The quantitative estimate of drug-likeness (QED) is 0.669. The Labute approximate surface area is 129 Å². The highest BCUT2D eigenvalue weighted by Crippen LogP contribution is 2.65. The van der Waals surface area contributed by atoms with Gasteiger partial charge in [0.2, 0.25) is 0 Å². The summed E-state index contributed by atoms with van der Waals surface area (Å²) in [6.07, 6.45) is 12.0. The summed E-state index contributed by atoms with van der Waals surface area (Å²) in [5, 5.41) is 9.99. The second-order valence-corrected chi connectivity index (χ2v) is 8.86. The third kappa shape index (κ3) is 1.84. The molecule has 0 amide bonds. The minimum absolute atomic E-state index is 0.182. The third-order valence-electron chi connectivity index (χ3n) is 8.16. The van der Waals surface area contributed by atoms with Gasteiger partial charge in [0.25, 0.3) is 0 Å². The molecule has 21 heavy (non-hydrogen) atoms. The smallest absolute Gasteiger partial charge is 0.0724 e. The SMILES string of the molecule is C[C@]12CC[C@H]3[C@@H](CCC4=C[C@@H](O)CC[C@@]43C)[C@@H]1CC[C@@H]2N. The van der Waals surface area contributed by atoms with E-state index in [2.05, 4.69) is 19.9 Å². The summed E-state index contributed by atoms with van der Waals surface area (Å²) in [4.78, 5) is 0. The van der Waals surface area contributed by atoms with Crippen LogP contribution in [0.15, 0.2) is 11.6 Å². The molecule has 0 bridgehead atoms. The van der Waals surface area contributed by atoms with E-state index >= 15 is 0 Å². The third-order valence-corrected chi connectivity index (χ3v) is 8.16. The summed E-state index contributed by atoms with van der Waals surface area (Å²) in [7, 11) is 0. The van der Waals surface area contributed by atoms with Crippen LogP contribution in [0.25, 0.3) is 0 Å². The van der Waals surface area contributed by atoms with E-state index in [4.69, 9.17) is 5.73 Å². The molecule has 4 rings (SSSR count). The van der Waals surface area contributed by atoms with E-state index in [0.717, 1.165) is 24.2 Å². The first kappa shape index (κ1) is 14.3. The van der Waals surface area contributed by atoms with Crippen molar-refractivity contribution in [2.45, 2.75) is 77.4 Å². The lowest BCUT2D eigenvalue weighted by Crippen LogP contribution is -2.52. The van der Waals surface area contributed by atoms with Gasteiger partial charge in [0, 0.05) is 6.04 Å². The lowest BCUT2D eigenvalue weighted by molar-refractivity contribution is -0.0453. The van der Waals surface area contributed by atoms with Gasteiger partial charge in [-0.05, 0) is 80.0 Å². The second-order valence-electron chi connectivity index (χ2n) is 8.86. The molecule has 3 fully saturated rings. The number of hydrogen-bond donors (Lipinski definition) is 2. The Balaban J connectivity index is 1.67. The van der Waals surface area contributed by atoms with Crippen LogP contribution in [0.5, 0.6) is 0 Å². The molecule has 2 nitrogen and oxygen atoms in total. The minimum atomic E-state index is -0.182. The Morgan fingerprint density at radius 3 is 2.67 bits per heavy atom. The number of allylic oxidation sites excluding steroid dienone is 1. The summed E-state index contributed by atoms with van der Waals surface area (Å²) in [5.74, 6) is 2.58. The van der Waals surface area contributed by atoms with Crippen LogP contribution in [0, 0.1) is 28.6 Å². The number of nitrogens with two attached hydrogens (primary N) is 1. The summed E-state index contributed by atoms with van der Waals surface area (Å²) < 4.78 is 0. The van der Waals surface area contributed by atoms with Gasteiger partial charge in [-0.2, -0.15) is 0 Å². The lowest BCUT2D eigenvalue weighted by Gasteiger charge is -2.58. The van der Waals surface area contributed by atoms with Crippen molar-refractivity contribution in [3.05, 3.63) is 11.6 Å². The van der Waals surface area contributed by atoms with Crippen LogP contribution >= 0.6 is 0 Å². The monoisotopic (exact) mass is 289 g/mol. The normalized spacial score (nSPS) is 56.2. The number of hydrogen-bond acceptors (Lipinski definition) is 2. The number of aliphatic hydroxyl groups is 1. The van der Waals surface area contributed by atoms with Crippen molar-refractivity contribution in [3.63, 3.8) is 0 Å². The second kappa shape index (κ2) is 4.58. The van der Waals surface area contributed by atoms with Crippen molar-refractivity contribution >= 4 is 0 Å². The van der Waals surface area contributed by atoms with Gasteiger partial charge < -0.3 is 10.8 Å². The van der Waals surface area contributed by atoms with Gasteiger partial charge in [-0.3, -0.25) is 0 Å². The van der Waals surface area contributed by atoms with Gasteiger partial charge >= 0.3 is 0 Å². The van der Waals surface area contributed by atoms with Crippen LogP contribution < -0.4 is 5.73 Å². The Bertz CT molecular complexity index is 472. The fourth-order valence-corrected chi connectivity index (χ4v) is 6.75. The molecule has 0 heterocycles. The fourth-order valence-electron chi connectivity index (χ4n) is 6.75. The Morgan fingerprint density at radius 2 is 1.86 bits per heavy atom. The van der Waals surface area contributed by atoms with Crippen LogP contribution in [-0.4, -0.2) is 17.3 Å². The molecule has 118 valence electrons. The average Bonchev–Trinajstić information content (AvgIpc) is 2.76. The maximum Gasteiger partial charge on any atom is 0.0724 e. The van der Waals surface area contributed by atoms with E-state index in [1.807, 2.05) is 0 Å². The van der Waals surface area contributed by atoms with Crippen molar-refractivity contribution < 1.29 is 5.11 Å². The summed E-state index contributed by atoms with van der Waals surface area (Å²) in [5.41, 5.74) is 8.84. The first-order chi connectivity index (χ1) is 9.95. The Morgan fingerprint density at radius 1 is 1.05 bits per heavy atom. The zero-order valence-corrected chi connectivity index (χ0v) is 13.6. The minimum Gasteiger partial charge on any atom is -0.389 e.